The molecule has 0 saturated heterocycles. The van der Waals surface area contributed by atoms with Crippen molar-refractivity contribution in [3.63, 3.8) is 0 Å². The monoisotopic (exact) mass is 256 g/mol. The van der Waals surface area contributed by atoms with Crippen molar-refractivity contribution >= 4 is 0 Å². The average Bonchev–Trinajstić information content (AvgIpc) is 0. The van der Waals surface area contributed by atoms with E-state index < -0.39 is 0 Å². The van der Waals surface area contributed by atoms with Crippen LogP contribution in [-0.2, 0) is 0 Å². The minimum absolute atomic E-state index is 0. The van der Waals surface area contributed by atoms with Crippen LogP contribution in [0.3, 0.4) is 0 Å². The summed E-state index contributed by atoms with van der Waals surface area (Å²) in [5, 5.41) is 0. The van der Waals surface area contributed by atoms with E-state index in [9.17, 15) is 0 Å². The van der Waals surface area contributed by atoms with E-state index in [-0.39, 0.29) is 158 Å². The normalized spacial score (nSPS) is 0. The van der Waals surface area contributed by atoms with Gasteiger partial charge in [-0.2, -0.15) is 0 Å². The first-order valence-corrected chi connectivity index (χ1v) is 0. The Morgan fingerprint density at radius 3 is 0.800 bits per heavy atom. The van der Waals surface area contributed by atoms with E-state index >= 15 is 0 Å². The van der Waals surface area contributed by atoms with Crippen molar-refractivity contribution in [2.75, 3.05) is 0 Å². The van der Waals surface area contributed by atoms with Crippen LogP contribution in [-0.4, -0.2) is 11.0 Å². The van der Waals surface area contributed by atoms with Gasteiger partial charge in [-0.15, -0.1) is 0 Å². The van der Waals surface area contributed by atoms with Crippen molar-refractivity contribution in [2.24, 2.45) is 0 Å². The first-order chi connectivity index (χ1) is 0. The van der Waals surface area contributed by atoms with Crippen molar-refractivity contribution in [1.82, 2.24) is 0 Å². The van der Waals surface area contributed by atoms with Crippen molar-refractivity contribution in [3.05, 3.63) is 0 Å². The predicted octanol–water partition coefficient (Wildman–Crippen LogP) is -7.42. The Balaban J connectivity index is 0. The van der Waals surface area contributed by atoms with Gasteiger partial charge in [-0.05, 0) is 0 Å². The zero-order valence-electron chi connectivity index (χ0n) is 5.50. The third-order valence-corrected chi connectivity index (χ3v) is 0. The summed E-state index contributed by atoms with van der Waals surface area (Å²) >= 11 is 0. The summed E-state index contributed by atoms with van der Waals surface area (Å²) in [5.74, 6) is 0. The summed E-state index contributed by atoms with van der Waals surface area (Å²) in [6.45, 7) is 0. The summed E-state index contributed by atoms with van der Waals surface area (Å²) in [4.78, 5) is 0. The quantitative estimate of drug-likeness (QED) is 0.387. The van der Waals surface area contributed by atoms with Gasteiger partial charge in [-0.3, -0.25) is 0 Å². The molecule has 0 atom stereocenters. The van der Waals surface area contributed by atoms with Crippen LogP contribution in [0.15, 0.2) is 0 Å². The Morgan fingerprint density at radius 2 is 0.800 bits per heavy atom. The van der Waals surface area contributed by atoms with Gasteiger partial charge in [0.1, 0.15) is 0 Å². The molecule has 0 spiro atoms. The molecule has 0 aliphatic carbocycles. The summed E-state index contributed by atoms with van der Waals surface area (Å²) in [7, 11) is 0. The Labute approximate surface area is 153 Å². The molecule has 4 N–H and O–H groups in total. The molecule has 0 rings (SSSR count). The van der Waals surface area contributed by atoms with Crippen molar-refractivity contribution in [2.45, 2.75) is 0 Å². The second-order valence-corrected chi connectivity index (χ2v) is 0. The third-order valence-electron chi connectivity index (χ3n) is 0. The molecule has 0 aliphatic heterocycles. The average molecular weight is 256 g/mol. The van der Waals surface area contributed by atoms with E-state index in [0.717, 1.165) is 0 Å². The molecular formula is H6CeK2O2. The van der Waals surface area contributed by atoms with E-state index in [4.69, 9.17) is 0 Å². The first-order valence-electron chi connectivity index (χ1n) is 0. The van der Waals surface area contributed by atoms with E-state index in [1.165, 1.54) is 0 Å². The molecule has 0 amide bonds. The van der Waals surface area contributed by atoms with E-state index in [0.29, 0.717) is 0 Å². The van der Waals surface area contributed by atoms with Crippen LogP contribution >= 0.6 is 0 Å². The van der Waals surface area contributed by atoms with Gasteiger partial charge in [0, 0.05) is 41.7 Å². The fraction of sp³-hybridized carbons (Fsp3) is 0. The SMILES string of the molecule is O.O.[Ce].[H-].[H-].[K+].[K+]. The number of hydrogen-bond donors (Lipinski definition) is 0. The van der Waals surface area contributed by atoms with Crippen molar-refractivity contribution in [3.8, 4) is 0 Å². The minimum Gasteiger partial charge on any atom is -1.00 e. The van der Waals surface area contributed by atoms with Gasteiger partial charge in [-0.1, -0.05) is 0 Å². The Bertz CT molecular complexity index is 13.7. The molecule has 0 radical (unpaired) electrons. The molecule has 0 aliphatic rings. The molecule has 0 aromatic carbocycles. The molecule has 0 saturated carbocycles. The second kappa shape index (κ2) is 23.5. The predicted molar refractivity (Wildman–Crippen MR) is 9.45 cm³/mol. The maximum absolute atomic E-state index is 0. The molecule has 0 heterocycles. The van der Waals surface area contributed by atoms with Gasteiger partial charge in [-0.25, -0.2) is 0 Å². The molecule has 0 bridgehead atoms. The topological polar surface area (TPSA) is 63.0 Å². The van der Waals surface area contributed by atoms with Gasteiger partial charge in [0.05, 0.1) is 0 Å². The maximum atomic E-state index is 0. The minimum atomic E-state index is 0. The fourth-order valence-electron chi connectivity index (χ4n) is 0. The molecule has 5 heteroatoms. The standard InChI is InChI=1S/Ce.2K.2H2O.2H/h;;;2*1H2;;/q;2*+1;;;2*-1. The van der Waals surface area contributed by atoms with Crippen molar-refractivity contribution in [1.29, 1.82) is 0 Å². The van der Waals surface area contributed by atoms with Crippen LogP contribution < -0.4 is 103 Å². The molecule has 0 aromatic heterocycles. The zero-order chi connectivity index (χ0) is 0. The summed E-state index contributed by atoms with van der Waals surface area (Å²) < 4.78 is 0. The van der Waals surface area contributed by atoms with Gasteiger partial charge >= 0.3 is 103 Å². The second-order valence-electron chi connectivity index (χ2n) is 0. The molecule has 24 valence electrons. The van der Waals surface area contributed by atoms with Crippen LogP contribution in [0.2, 0.25) is 0 Å². The smallest absolute Gasteiger partial charge is 1.00 e. The molecule has 0 unspecified atom stereocenters. The fourth-order valence-corrected chi connectivity index (χ4v) is 0. The zero-order valence-corrected chi connectivity index (χ0v) is 12.9. The van der Waals surface area contributed by atoms with Gasteiger partial charge in [0.25, 0.3) is 0 Å². The van der Waals surface area contributed by atoms with Crippen LogP contribution in [0, 0.1) is 41.7 Å². The molecular weight excluding hydrogens is 250 g/mol. The largest absolute Gasteiger partial charge is 1.00 e. The summed E-state index contributed by atoms with van der Waals surface area (Å²) in [5.41, 5.74) is 0. The van der Waals surface area contributed by atoms with Crippen LogP contribution in [0.1, 0.15) is 2.85 Å². The maximum Gasteiger partial charge on any atom is 1.00 e. The number of hydrogen-bond acceptors (Lipinski definition) is 0. The Morgan fingerprint density at radius 1 is 0.800 bits per heavy atom. The number of rotatable bonds is 0. The van der Waals surface area contributed by atoms with Crippen molar-refractivity contribution < 1.29 is 158 Å². The summed E-state index contributed by atoms with van der Waals surface area (Å²) in [6, 6.07) is 0. The van der Waals surface area contributed by atoms with E-state index in [1.807, 2.05) is 0 Å². The van der Waals surface area contributed by atoms with Gasteiger partial charge < -0.3 is 13.8 Å². The Hall–Kier alpha value is 4.57. The first kappa shape index (κ1) is 33.7. The van der Waals surface area contributed by atoms with Gasteiger partial charge in [0.15, 0.2) is 0 Å². The Kier molecular flexibility index (Phi) is 158. The van der Waals surface area contributed by atoms with E-state index in [1.54, 1.807) is 0 Å². The molecule has 0 aromatic rings. The van der Waals surface area contributed by atoms with Crippen LogP contribution in [0.4, 0.5) is 0 Å². The van der Waals surface area contributed by atoms with Crippen LogP contribution in [0.25, 0.3) is 0 Å². The molecule has 2 nitrogen and oxygen atoms in total. The third kappa shape index (κ3) is 17.7. The van der Waals surface area contributed by atoms with E-state index in [2.05, 4.69) is 0 Å². The van der Waals surface area contributed by atoms with Gasteiger partial charge in [0.2, 0.25) is 0 Å². The molecule has 0 fully saturated rings. The summed E-state index contributed by atoms with van der Waals surface area (Å²) in [6.07, 6.45) is 0. The molecule has 5 heavy (non-hydrogen) atoms. The van der Waals surface area contributed by atoms with Crippen LogP contribution in [0.5, 0.6) is 0 Å².